The highest BCUT2D eigenvalue weighted by atomic mass is 32.1. The van der Waals surface area contributed by atoms with Crippen molar-refractivity contribution in [2.45, 2.75) is 39.2 Å². The molecule has 0 spiro atoms. The molecule has 0 saturated carbocycles. The van der Waals surface area contributed by atoms with Crippen molar-refractivity contribution in [3.8, 4) is 0 Å². The van der Waals surface area contributed by atoms with E-state index in [4.69, 9.17) is 4.74 Å². The first-order chi connectivity index (χ1) is 11.2. The van der Waals surface area contributed by atoms with Gasteiger partial charge in [0.1, 0.15) is 11.1 Å². The summed E-state index contributed by atoms with van der Waals surface area (Å²) in [5.74, 6) is 0.205. The number of amides is 1. The number of ether oxygens (including phenoxy) is 1. The molecule has 2 heterocycles. The first-order valence-corrected chi connectivity index (χ1v) is 9.30. The number of thiazole rings is 1. The lowest BCUT2D eigenvalue weighted by Crippen LogP contribution is -2.45. The van der Waals surface area contributed by atoms with Crippen molar-refractivity contribution in [1.82, 2.24) is 14.8 Å². The van der Waals surface area contributed by atoms with Gasteiger partial charge in [0.15, 0.2) is 0 Å². The van der Waals surface area contributed by atoms with Gasteiger partial charge in [-0.3, -0.25) is 9.69 Å². The van der Waals surface area contributed by atoms with E-state index in [1.807, 2.05) is 17.2 Å². The smallest absolute Gasteiger partial charge is 0.240 e. The third kappa shape index (κ3) is 4.00. The van der Waals surface area contributed by atoms with Crippen LogP contribution < -0.4 is 0 Å². The second-order valence-corrected chi connectivity index (χ2v) is 7.04. The van der Waals surface area contributed by atoms with Crippen LogP contribution in [-0.2, 0) is 9.53 Å². The number of hydrogen-bond acceptors (Lipinski definition) is 5. The van der Waals surface area contributed by atoms with Crippen molar-refractivity contribution >= 4 is 17.2 Å². The maximum absolute atomic E-state index is 12.7. The van der Waals surface area contributed by atoms with Crippen molar-refractivity contribution < 1.29 is 9.53 Å². The van der Waals surface area contributed by atoms with Gasteiger partial charge in [-0.25, -0.2) is 4.98 Å². The van der Waals surface area contributed by atoms with E-state index in [0.717, 1.165) is 43.2 Å². The van der Waals surface area contributed by atoms with Crippen LogP contribution in [0.4, 0.5) is 0 Å². The highest BCUT2D eigenvalue weighted by Gasteiger charge is 2.27. The van der Waals surface area contributed by atoms with E-state index in [1.54, 1.807) is 11.3 Å². The minimum atomic E-state index is -0.00368. The van der Waals surface area contributed by atoms with Gasteiger partial charge in [-0.15, -0.1) is 11.3 Å². The van der Waals surface area contributed by atoms with Crippen molar-refractivity contribution in [2.75, 3.05) is 32.8 Å². The molecule has 1 aromatic heterocycles. The summed E-state index contributed by atoms with van der Waals surface area (Å²) in [6.07, 6.45) is 5.51. The summed E-state index contributed by atoms with van der Waals surface area (Å²) >= 11 is 1.64. The van der Waals surface area contributed by atoms with Crippen molar-refractivity contribution in [3.63, 3.8) is 0 Å². The zero-order valence-electron chi connectivity index (χ0n) is 14.0. The molecule has 3 rings (SSSR count). The molecule has 1 fully saturated rings. The Balaban J connectivity index is 1.59. The summed E-state index contributed by atoms with van der Waals surface area (Å²) in [7, 11) is 0. The monoisotopic (exact) mass is 335 g/mol. The maximum Gasteiger partial charge on any atom is 0.240 e. The average molecular weight is 335 g/mol. The van der Waals surface area contributed by atoms with Gasteiger partial charge in [0.2, 0.25) is 5.91 Å². The Morgan fingerprint density at radius 1 is 1.57 bits per heavy atom. The summed E-state index contributed by atoms with van der Waals surface area (Å²) in [5, 5.41) is 3.07. The number of hydrogen-bond donors (Lipinski definition) is 0. The SMILES string of the molecule is CCN(C(=O)CN1CCO[C@@H](c2nc(C)cs2)C1)C1=CCCC1. The summed E-state index contributed by atoms with van der Waals surface area (Å²) in [6.45, 7) is 7.49. The molecular formula is C17H25N3O2S. The number of allylic oxidation sites excluding steroid dienone is 2. The summed E-state index contributed by atoms with van der Waals surface area (Å²) in [5.41, 5.74) is 2.24. The molecule has 1 amide bonds. The predicted octanol–water partition coefficient (Wildman–Crippen LogP) is 2.74. The van der Waals surface area contributed by atoms with Crippen molar-refractivity contribution in [3.05, 3.63) is 27.9 Å². The molecule has 0 bridgehead atoms. The number of carbonyl (C=O) groups is 1. The van der Waals surface area contributed by atoms with Crippen LogP contribution in [0.5, 0.6) is 0 Å². The number of aromatic nitrogens is 1. The normalized spacial score (nSPS) is 22.2. The number of nitrogens with zero attached hydrogens (tertiary/aromatic N) is 3. The fourth-order valence-corrected chi connectivity index (χ4v) is 4.07. The maximum atomic E-state index is 12.7. The van der Waals surface area contributed by atoms with Crippen molar-refractivity contribution in [2.24, 2.45) is 0 Å². The van der Waals surface area contributed by atoms with Crippen molar-refractivity contribution in [1.29, 1.82) is 0 Å². The molecule has 1 atom stereocenters. The Morgan fingerprint density at radius 3 is 3.09 bits per heavy atom. The molecule has 0 N–H and O–H groups in total. The molecule has 1 aromatic rings. The van der Waals surface area contributed by atoms with Crippen LogP contribution >= 0.6 is 11.3 Å². The second kappa shape index (κ2) is 7.55. The lowest BCUT2D eigenvalue weighted by Gasteiger charge is -2.33. The van der Waals surface area contributed by atoms with E-state index >= 15 is 0 Å². The highest BCUT2D eigenvalue weighted by Crippen LogP contribution is 2.26. The highest BCUT2D eigenvalue weighted by molar-refractivity contribution is 7.09. The molecule has 1 aliphatic heterocycles. The molecule has 1 saturated heterocycles. The Morgan fingerprint density at radius 2 is 2.43 bits per heavy atom. The van der Waals surface area contributed by atoms with Crippen LogP contribution in [0.3, 0.4) is 0 Å². The van der Waals surface area contributed by atoms with Gasteiger partial charge in [-0.2, -0.15) is 0 Å². The van der Waals surface area contributed by atoms with Gasteiger partial charge in [-0.1, -0.05) is 6.08 Å². The van der Waals surface area contributed by atoms with Gasteiger partial charge in [0.05, 0.1) is 13.2 Å². The molecule has 5 nitrogen and oxygen atoms in total. The van der Waals surface area contributed by atoms with E-state index in [0.29, 0.717) is 13.2 Å². The number of likely N-dealkylation sites (N-methyl/N-ethyl adjacent to an activating group) is 1. The second-order valence-electron chi connectivity index (χ2n) is 6.15. The summed E-state index contributed by atoms with van der Waals surface area (Å²) in [6, 6.07) is 0. The van der Waals surface area contributed by atoms with Gasteiger partial charge in [0.25, 0.3) is 0 Å². The van der Waals surface area contributed by atoms with Crippen LogP contribution in [0.2, 0.25) is 0 Å². The topological polar surface area (TPSA) is 45.7 Å². The van der Waals surface area contributed by atoms with Gasteiger partial charge >= 0.3 is 0 Å². The molecule has 0 radical (unpaired) electrons. The molecular weight excluding hydrogens is 310 g/mol. The standard InChI is InChI=1S/C17H25N3O2S/c1-3-20(14-6-4-5-7-14)16(21)11-19-8-9-22-15(10-19)17-18-13(2)12-23-17/h6,12,15H,3-5,7-11H2,1-2H3/t15-/m1/s1. The van der Waals surface area contributed by atoms with Crippen LogP contribution in [0.25, 0.3) is 0 Å². The van der Waals surface area contributed by atoms with Gasteiger partial charge in [0, 0.05) is 36.4 Å². The quantitative estimate of drug-likeness (QED) is 0.830. The van der Waals surface area contributed by atoms with Gasteiger partial charge < -0.3 is 9.64 Å². The molecule has 0 aromatic carbocycles. The Bertz CT molecular complexity index is 584. The largest absolute Gasteiger partial charge is 0.368 e. The summed E-state index contributed by atoms with van der Waals surface area (Å²) in [4.78, 5) is 21.3. The third-order valence-electron chi connectivity index (χ3n) is 4.40. The number of rotatable bonds is 5. The minimum Gasteiger partial charge on any atom is -0.368 e. The number of morpholine rings is 1. The fraction of sp³-hybridized carbons (Fsp3) is 0.647. The Kier molecular flexibility index (Phi) is 5.46. The van der Waals surface area contributed by atoms with E-state index in [1.165, 1.54) is 12.1 Å². The Hall–Kier alpha value is -1.24. The zero-order chi connectivity index (χ0) is 16.2. The average Bonchev–Trinajstić information content (AvgIpc) is 3.20. The van der Waals surface area contributed by atoms with E-state index in [-0.39, 0.29) is 12.0 Å². The zero-order valence-corrected chi connectivity index (χ0v) is 14.8. The third-order valence-corrected chi connectivity index (χ3v) is 5.46. The molecule has 1 aliphatic carbocycles. The molecule has 2 aliphatic rings. The van der Waals surface area contributed by atoms with E-state index < -0.39 is 0 Å². The van der Waals surface area contributed by atoms with Crippen LogP contribution in [0.15, 0.2) is 17.2 Å². The first-order valence-electron chi connectivity index (χ1n) is 8.42. The Labute approximate surface area is 141 Å². The molecule has 6 heteroatoms. The summed E-state index contributed by atoms with van der Waals surface area (Å²) < 4.78 is 5.85. The number of carbonyl (C=O) groups excluding carboxylic acids is 1. The van der Waals surface area contributed by atoms with E-state index in [9.17, 15) is 4.79 Å². The lowest BCUT2D eigenvalue weighted by atomic mass is 10.2. The van der Waals surface area contributed by atoms with Gasteiger partial charge in [-0.05, 0) is 33.1 Å². The molecule has 0 unspecified atom stereocenters. The van der Waals surface area contributed by atoms with Crippen LogP contribution in [0, 0.1) is 6.92 Å². The lowest BCUT2D eigenvalue weighted by molar-refractivity contribution is -0.132. The molecule has 126 valence electrons. The van der Waals surface area contributed by atoms with Crippen LogP contribution in [-0.4, -0.2) is 53.5 Å². The fourth-order valence-electron chi connectivity index (χ4n) is 3.23. The van der Waals surface area contributed by atoms with E-state index in [2.05, 4.69) is 22.9 Å². The predicted molar refractivity (Wildman–Crippen MR) is 91.3 cm³/mol. The molecule has 23 heavy (non-hydrogen) atoms. The van der Waals surface area contributed by atoms with Crippen LogP contribution in [0.1, 0.15) is 43.0 Å². The first kappa shape index (κ1) is 16.6. The number of aryl methyl sites for hydroxylation is 1. The minimum absolute atomic E-state index is 0.00368.